The van der Waals surface area contributed by atoms with Gasteiger partial charge in [-0.05, 0) is 62.2 Å². The number of aliphatic hydroxyl groups is 1. The molecule has 0 saturated carbocycles. The zero-order valence-corrected chi connectivity index (χ0v) is 15.2. The minimum absolute atomic E-state index is 0.348. The van der Waals surface area contributed by atoms with Gasteiger partial charge in [-0.2, -0.15) is 0 Å². The van der Waals surface area contributed by atoms with Crippen molar-refractivity contribution < 1.29 is 13.9 Å². The molecule has 1 fully saturated rings. The lowest BCUT2D eigenvalue weighted by molar-refractivity contribution is 0.0123. The van der Waals surface area contributed by atoms with E-state index in [4.69, 9.17) is 0 Å². The average molecular weight is 358 g/mol. The van der Waals surface area contributed by atoms with Crippen molar-refractivity contribution >= 4 is 21.8 Å². The van der Waals surface area contributed by atoms with Gasteiger partial charge in [0, 0.05) is 34.9 Å². The molecule has 2 heterocycles. The molecule has 1 N–H and O–H groups in total. The number of rotatable bonds is 4. The van der Waals surface area contributed by atoms with Gasteiger partial charge in [0.05, 0.1) is 12.1 Å². The summed E-state index contributed by atoms with van der Waals surface area (Å²) in [6.45, 7) is 7.02. The van der Waals surface area contributed by atoms with Crippen LogP contribution in [0.15, 0.2) is 36.4 Å². The highest BCUT2D eigenvalue weighted by Gasteiger charge is 2.29. The molecule has 3 nitrogen and oxygen atoms in total. The van der Waals surface area contributed by atoms with Crippen LogP contribution in [0, 0.1) is 17.6 Å². The van der Waals surface area contributed by atoms with Crippen LogP contribution in [0.1, 0.15) is 20.3 Å². The Bertz CT molecular complexity index is 904. The Balaban J connectivity index is 1.75. The molecule has 0 radical (unpaired) electrons. The minimum atomic E-state index is -0.939. The van der Waals surface area contributed by atoms with Crippen LogP contribution in [-0.4, -0.2) is 39.8 Å². The first-order chi connectivity index (χ1) is 12.3. The largest absolute Gasteiger partial charge is 0.387 e. The van der Waals surface area contributed by atoms with Crippen LogP contribution in [-0.2, 0) is 6.54 Å². The van der Waals surface area contributed by atoms with Gasteiger partial charge in [-0.3, -0.25) is 0 Å². The number of halogens is 2. The predicted molar refractivity (Wildman–Crippen MR) is 100 cm³/mol. The summed E-state index contributed by atoms with van der Waals surface area (Å²) < 4.78 is 29.5. The number of likely N-dealkylation sites (tertiary alicyclic amines) is 1. The molecule has 2 unspecified atom stereocenters. The van der Waals surface area contributed by atoms with Crippen molar-refractivity contribution in [2.75, 3.05) is 19.6 Å². The molecular weight excluding hydrogens is 334 g/mol. The van der Waals surface area contributed by atoms with E-state index < -0.39 is 5.60 Å². The fourth-order valence-corrected chi connectivity index (χ4v) is 4.26. The molecule has 4 rings (SSSR count). The summed E-state index contributed by atoms with van der Waals surface area (Å²) in [6, 6.07) is 9.10. The first-order valence-corrected chi connectivity index (χ1v) is 9.14. The van der Waals surface area contributed by atoms with Gasteiger partial charge >= 0.3 is 0 Å². The van der Waals surface area contributed by atoms with E-state index in [9.17, 15) is 13.9 Å². The van der Waals surface area contributed by atoms with Gasteiger partial charge in [0.15, 0.2) is 0 Å². The lowest BCUT2D eigenvalue weighted by atomic mass is 10.1. The number of hydrogen-bond acceptors (Lipinski definition) is 2. The molecule has 1 aromatic heterocycles. The quantitative estimate of drug-likeness (QED) is 0.758. The van der Waals surface area contributed by atoms with Gasteiger partial charge in [-0.15, -0.1) is 0 Å². The average Bonchev–Trinajstić information content (AvgIpc) is 3.08. The first kappa shape index (κ1) is 17.4. The maximum absolute atomic E-state index is 13.8. The van der Waals surface area contributed by atoms with Crippen molar-refractivity contribution in [1.29, 1.82) is 0 Å². The Labute approximate surface area is 151 Å². The third kappa shape index (κ3) is 3.21. The molecule has 0 aliphatic carbocycles. The van der Waals surface area contributed by atoms with E-state index in [1.54, 1.807) is 12.1 Å². The van der Waals surface area contributed by atoms with Crippen molar-refractivity contribution in [3.8, 4) is 0 Å². The van der Waals surface area contributed by atoms with Crippen LogP contribution >= 0.6 is 0 Å². The van der Waals surface area contributed by atoms with Crippen LogP contribution < -0.4 is 0 Å². The molecule has 2 aromatic carbocycles. The van der Waals surface area contributed by atoms with Gasteiger partial charge in [0.2, 0.25) is 0 Å². The van der Waals surface area contributed by atoms with Gasteiger partial charge in [0.1, 0.15) is 11.6 Å². The van der Waals surface area contributed by atoms with Crippen LogP contribution in [0.2, 0.25) is 0 Å². The molecular formula is C21H24F2N2O. The highest BCUT2D eigenvalue weighted by molar-refractivity contribution is 6.08. The maximum atomic E-state index is 13.8. The monoisotopic (exact) mass is 358 g/mol. The molecule has 138 valence electrons. The molecule has 26 heavy (non-hydrogen) atoms. The molecule has 5 heteroatoms. The maximum Gasteiger partial charge on any atom is 0.123 e. The fraction of sp³-hybridized carbons (Fsp3) is 0.429. The Morgan fingerprint density at radius 2 is 1.62 bits per heavy atom. The summed E-state index contributed by atoms with van der Waals surface area (Å²) in [7, 11) is 0. The van der Waals surface area contributed by atoms with Crippen molar-refractivity contribution in [2.24, 2.45) is 5.92 Å². The molecule has 1 aliphatic rings. The lowest BCUT2D eigenvalue weighted by Crippen LogP contribution is -2.43. The van der Waals surface area contributed by atoms with Crippen molar-refractivity contribution in [2.45, 2.75) is 32.4 Å². The second kappa shape index (κ2) is 6.32. The van der Waals surface area contributed by atoms with Crippen LogP contribution in [0.25, 0.3) is 21.8 Å². The highest BCUT2D eigenvalue weighted by atomic mass is 19.1. The van der Waals surface area contributed by atoms with E-state index in [0.29, 0.717) is 29.8 Å². The van der Waals surface area contributed by atoms with Gasteiger partial charge < -0.3 is 14.6 Å². The van der Waals surface area contributed by atoms with Crippen molar-refractivity contribution in [1.82, 2.24) is 9.47 Å². The molecule has 3 aromatic rings. The van der Waals surface area contributed by atoms with E-state index >= 15 is 0 Å². The summed E-state index contributed by atoms with van der Waals surface area (Å²) in [5, 5.41) is 12.4. The standard InChI is InChI=1S/C21H24F2N2O/c1-14-7-8-24(11-14)12-21(2,26)13-25-19-5-3-15(22)9-17(19)18-10-16(23)4-6-20(18)25/h3-6,9-10,14,26H,7-8,11-13H2,1-2H3. The molecule has 2 atom stereocenters. The second-order valence-corrected chi connectivity index (χ2v) is 8.03. The van der Waals surface area contributed by atoms with Gasteiger partial charge in [-0.1, -0.05) is 6.92 Å². The van der Waals surface area contributed by atoms with E-state index in [2.05, 4.69) is 11.8 Å². The summed E-state index contributed by atoms with van der Waals surface area (Å²) in [5.74, 6) is -0.0396. The molecule has 0 amide bonds. The Morgan fingerprint density at radius 1 is 1.04 bits per heavy atom. The lowest BCUT2D eigenvalue weighted by Gasteiger charge is -2.30. The molecule has 0 spiro atoms. The van der Waals surface area contributed by atoms with Gasteiger partial charge in [0.25, 0.3) is 0 Å². The number of β-amino-alcohol motifs (C(OH)–C–C–N with tert-alkyl or cyclic N) is 1. The Morgan fingerprint density at radius 3 is 2.12 bits per heavy atom. The number of nitrogens with zero attached hydrogens (tertiary/aromatic N) is 2. The Kier molecular flexibility index (Phi) is 4.24. The predicted octanol–water partition coefficient (Wildman–Crippen LogP) is 4.17. The molecule has 0 bridgehead atoms. The second-order valence-electron chi connectivity index (χ2n) is 8.03. The first-order valence-electron chi connectivity index (χ1n) is 9.14. The van der Waals surface area contributed by atoms with E-state index in [0.717, 1.165) is 30.5 Å². The zero-order valence-electron chi connectivity index (χ0n) is 15.2. The SMILES string of the molecule is CC1CCN(CC(C)(O)Cn2c3ccc(F)cc3c3cc(F)ccc32)C1. The fourth-order valence-electron chi connectivity index (χ4n) is 4.26. The van der Waals surface area contributed by atoms with Crippen LogP contribution in [0.4, 0.5) is 8.78 Å². The summed E-state index contributed by atoms with van der Waals surface area (Å²) in [4.78, 5) is 2.29. The van der Waals surface area contributed by atoms with Crippen molar-refractivity contribution in [3.63, 3.8) is 0 Å². The number of hydrogen-bond donors (Lipinski definition) is 1. The van der Waals surface area contributed by atoms with E-state index in [-0.39, 0.29) is 11.6 Å². The Hall–Kier alpha value is -1.98. The topological polar surface area (TPSA) is 28.4 Å². The molecule has 1 aliphatic heterocycles. The number of benzene rings is 2. The third-order valence-corrected chi connectivity index (χ3v) is 5.36. The summed E-state index contributed by atoms with van der Waals surface area (Å²) in [5.41, 5.74) is 0.676. The van der Waals surface area contributed by atoms with Crippen molar-refractivity contribution in [3.05, 3.63) is 48.0 Å². The number of fused-ring (bicyclic) bond motifs is 3. The molecule has 1 saturated heterocycles. The van der Waals surface area contributed by atoms with E-state index in [1.807, 2.05) is 11.5 Å². The van der Waals surface area contributed by atoms with Crippen LogP contribution in [0.3, 0.4) is 0 Å². The minimum Gasteiger partial charge on any atom is -0.387 e. The number of aromatic nitrogens is 1. The van der Waals surface area contributed by atoms with Crippen LogP contribution in [0.5, 0.6) is 0 Å². The zero-order chi connectivity index (χ0) is 18.5. The van der Waals surface area contributed by atoms with E-state index in [1.165, 1.54) is 24.3 Å². The normalized spacial score (nSPS) is 20.9. The summed E-state index contributed by atoms with van der Waals surface area (Å²) >= 11 is 0. The van der Waals surface area contributed by atoms with Gasteiger partial charge in [-0.25, -0.2) is 8.78 Å². The smallest absolute Gasteiger partial charge is 0.123 e. The highest BCUT2D eigenvalue weighted by Crippen LogP contribution is 2.32. The summed E-state index contributed by atoms with van der Waals surface area (Å²) in [6.07, 6.45) is 1.16. The third-order valence-electron chi connectivity index (χ3n) is 5.36.